The van der Waals surface area contributed by atoms with Crippen molar-refractivity contribution in [2.75, 3.05) is 11.4 Å². The number of nitrogens with zero attached hydrogens (tertiary/aromatic N) is 6. The van der Waals surface area contributed by atoms with Gasteiger partial charge < -0.3 is 15.0 Å². The number of aliphatic hydroxyl groups excluding tert-OH is 1. The summed E-state index contributed by atoms with van der Waals surface area (Å²) in [5.41, 5.74) is 3.73. The van der Waals surface area contributed by atoms with Crippen LogP contribution in [0.3, 0.4) is 0 Å². The van der Waals surface area contributed by atoms with E-state index in [1.165, 1.54) is 12.5 Å². The van der Waals surface area contributed by atoms with Gasteiger partial charge in [-0.05, 0) is 37.0 Å². The molecule has 1 saturated carbocycles. The van der Waals surface area contributed by atoms with E-state index in [-0.39, 0.29) is 11.9 Å². The van der Waals surface area contributed by atoms with Crippen LogP contribution in [0.4, 0.5) is 10.3 Å². The molecule has 6 rings (SSSR count). The standard InChI is InChI=1S/C22H22FN7O/c23-15-5-2-7-30-18(15)9-17(28-30)20-19-16(26-12-27-19)6-8-29(20)22-24-10-14(11-25-22)21(31)13-3-1-4-13/h2,5,7,9-13,20-21,31H,1,3-4,6,8H2,(H,26,27)/t20-,21?/m0/s1. The Morgan fingerprint density at radius 3 is 2.77 bits per heavy atom. The lowest BCUT2D eigenvalue weighted by atomic mass is 9.79. The number of hydrogen-bond donors (Lipinski definition) is 2. The third kappa shape index (κ3) is 2.99. The Morgan fingerprint density at radius 2 is 2.03 bits per heavy atom. The molecule has 1 aliphatic heterocycles. The maximum absolute atomic E-state index is 14.3. The second-order valence-electron chi connectivity index (χ2n) is 8.32. The Morgan fingerprint density at radius 1 is 1.19 bits per heavy atom. The first-order valence-corrected chi connectivity index (χ1v) is 10.6. The quantitative estimate of drug-likeness (QED) is 0.528. The summed E-state index contributed by atoms with van der Waals surface area (Å²) in [5.74, 6) is 0.522. The second-order valence-corrected chi connectivity index (χ2v) is 8.32. The summed E-state index contributed by atoms with van der Waals surface area (Å²) in [7, 11) is 0. The lowest BCUT2D eigenvalue weighted by molar-refractivity contribution is 0.0615. The molecule has 31 heavy (non-hydrogen) atoms. The number of rotatable bonds is 4. The van der Waals surface area contributed by atoms with Crippen molar-refractivity contribution >= 4 is 11.5 Å². The van der Waals surface area contributed by atoms with Crippen molar-refractivity contribution in [2.45, 2.75) is 37.8 Å². The molecule has 1 aliphatic carbocycles. The Bertz CT molecular complexity index is 1230. The third-order valence-corrected chi connectivity index (χ3v) is 6.53. The van der Waals surface area contributed by atoms with E-state index in [1.54, 1.807) is 41.6 Å². The highest BCUT2D eigenvalue weighted by molar-refractivity contribution is 5.53. The first-order valence-electron chi connectivity index (χ1n) is 10.6. The first kappa shape index (κ1) is 18.4. The molecular formula is C22H22FN7O. The summed E-state index contributed by atoms with van der Waals surface area (Å²) in [4.78, 5) is 18.9. The highest BCUT2D eigenvalue weighted by atomic mass is 19.1. The van der Waals surface area contributed by atoms with Crippen LogP contribution >= 0.6 is 0 Å². The fourth-order valence-electron chi connectivity index (χ4n) is 4.59. The van der Waals surface area contributed by atoms with Gasteiger partial charge in [-0.2, -0.15) is 5.10 Å². The second kappa shape index (κ2) is 7.12. The van der Waals surface area contributed by atoms with E-state index < -0.39 is 6.10 Å². The number of aromatic amines is 1. The number of fused-ring (bicyclic) bond motifs is 2. The summed E-state index contributed by atoms with van der Waals surface area (Å²) >= 11 is 0. The minimum Gasteiger partial charge on any atom is -0.388 e. The predicted molar refractivity (Wildman–Crippen MR) is 111 cm³/mol. The van der Waals surface area contributed by atoms with Crippen LogP contribution in [-0.4, -0.2) is 41.2 Å². The lowest BCUT2D eigenvalue weighted by Gasteiger charge is -2.34. The van der Waals surface area contributed by atoms with Crippen LogP contribution in [0, 0.1) is 11.7 Å². The van der Waals surface area contributed by atoms with Crippen LogP contribution in [0.25, 0.3) is 5.52 Å². The number of hydrogen-bond acceptors (Lipinski definition) is 6. The largest absolute Gasteiger partial charge is 0.388 e. The first-order chi connectivity index (χ1) is 15.2. The van der Waals surface area contributed by atoms with Gasteiger partial charge in [-0.1, -0.05) is 6.42 Å². The van der Waals surface area contributed by atoms with Crippen LogP contribution in [-0.2, 0) is 6.42 Å². The minimum absolute atomic E-state index is 0.302. The maximum atomic E-state index is 14.3. The van der Waals surface area contributed by atoms with Crippen molar-refractivity contribution in [3.63, 3.8) is 0 Å². The molecule has 0 spiro atoms. The molecule has 0 bridgehead atoms. The van der Waals surface area contributed by atoms with Gasteiger partial charge in [0.15, 0.2) is 0 Å². The molecule has 4 aromatic heterocycles. The SMILES string of the molecule is OC(c1cnc(N2CCc3[nH]cnc3[C@@H]2c2cc3c(F)cccn3n2)nc1)C1CCC1. The van der Waals surface area contributed by atoms with Gasteiger partial charge >= 0.3 is 0 Å². The molecule has 5 heterocycles. The van der Waals surface area contributed by atoms with Gasteiger partial charge in [0.1, 0.15) is 17.4 Å². The van der Waals surface area contributed by atoms with Gasteiger partial charge in [0.05, 0.1) is 23.8 Å². The molecule has 0 amide bonds. The zero-order chi connectivity index (χ0) is 20.9. The Hall–Kier alpha value is -3.33. The van der Waals surface area contributed by atoms with Gasteiger partial charge in [0.2, 0.25) is 5.95 Å². The van der Waals surface area contributed by atoms with Crippen LogP contribution in [0.5, 0.6) is 0 Å². The number of nitrogens with one attached hydrogen (secondary N) is 1. The van der Waals surface area contributed by atoms with Crippen LogP contribution in [0.1, 0.15) is 54.1 Å². The highest BCUT2D eigenvalue weighted by Gasteiger charge is 2.35. The van der Waals surface area contributed by atoms with Gasteiger partial charge in [-0.25, -0.2) is 23.9 Å². The number of imidazole rings is 1. The van der Waals surface area contributed by atoms with Crippen molar-refractivity contribution < 1.29 is 9.50 Å². The maximum Gasteiger partial charge on any atom is 0.226 e. The average Bonchev–Trinajstić information content (AvgIpc) is 3.39. The monoisotopic (exact) mass is 419 g/mol. The molecule has 2 aliphatic rings. The molecule has 2 atom stereocenters. The van der Waals surface area contributed by atoms with Gasteiger partial charge in [-0.15, -0.1) is 0 Å². The number of pyridine rings is 1. The Balaban J connectivity index is 1.39. The molecule has 8 nitrogen and oxygen atoms in total. The fourth-order valence-corrected chi connectivity index (χ4v) is 4.59. The molecule has 0 aromatic carbocycles. The van der Waals surface area contributed by atoms with Gasteiger partial charge in [-0.3, -0.25) is 0 Å². The van der Waals surface area contributed by atoms with Crippen molar-refractivity contribution in [1.82, 2.24) is 29.5 Å². The minimum atomic E-state index is -0.515. The highest BCUT2D eigenvalue weighted by Crippen LogP contribution is 2.38. The van der Waals surface area contributed by atoms with E-state index in [0.29, 0.717) is 29.6 Å². The summed E-state index contributed by atoms with van der Waals surface area (Å²) in [6, 6.07) is 4.48. The molecule has 4 aromatic rings. The molecule has 0 radical (unpaired) electrons. The van der Waals surface area contributed by atoms with E-state index in [4.69, 9.17) is 0 Å². The smallest absolute Gasteiger partial charge is 0.226 e. The predicted octanol–water partition coefficient (Wildman–Crippen LogP) is 2.97. The van der Waals surface area contributed by atoms with E-state index in [1.807, 2.05) is 4.90 Å². The topological polar surface area (TPSA) is 95.2 Å². The van der Waals surface area contributed by atoms with Crippen LogP contribution in [0.15, 0.2) is 43.1 Å². The molecule has 2 N–H and O–H groups in total. The van der Waals surface area contributed by atoms with E-state index in [0.717, 1.165) is 36.2 Å². The number of halogens is 1. The van der Waals surface area contributed by atoms with Crippen molar-refractivity contribution in [3.8, 4) is 0 Å². The molecule has 158 valence electrons. The van der Waals surface area contributed by atoms with E-state index in [2.05, 4.69) is 25.0 Å². The fraction of sp³-hybridized carbons (Fsp3) is 0.364. The van der Waals surface area contributed by atoms with E-state index >= 15 is 0 Å². The van der Waals surface area contributed by atoms with Crippen molar-refractivity contribution in [1.29, 1.82) is 0 Å². The summed E-state index contributed by atoms with van der Waals surface area (Å²) in [5, 5.41) is 15.1. The van der Waals surface area contributed by atoms with E-state index in [9.17, 15) is 9.50 Å². The number of H-pyrrole nitrogens is 1. The zero-order valence-electron chi connectivity index (χ0n) is 16.8. The lowest BCUT2D eigenvalue weighted by Crippen LogP contribution is -2.37. The average molecular weight is 419 g/mol. The molecule has 9 heteroatoms. The summed E-state index contributed by atoms with van der Waals surface area (Å²) in [6.07, 6.45) is 10.3. The zero-order valence-corrected chi connectivity index (χ0v) is 16.8. The van der Waals surface area contributed by atoms with Gasteiger partial charge in [0.25, 0.3) is 0 Å². The molecular weight excluding hydrogens is 397 g/mol. The van der Waals surface area contributed by atoms with Crippen molar-refractivity contribution in [2.24, 2.45) is 5.92 Å². The van der Waals surface area contributed by atoms with Crippen LogP contribution < -0.4 is 4.90 Å². The van der Waals surface area contributed by atoms with Crippen LogP contribution in [0.2, 0.25) is 0 Å². The third-order valence-electron chi connectivity index (χ3n) is 6.53. The number of anilines is 1. The number of aliphatic hydroxyl groups is 1. The number of aromatic nitrogens is 6. The normalized spacial score (nSPS) is 19.9. The summed E-state index contributed by atoms with van der Waals surface area (Å²) < 4.78 is 15.8. The van der Waals surface area contributed by atoms with Gasteiger partial charge in [0, 0.05) is 42.8 Å². The Labute approximate surface area is 177 Å². The molecule has 1 unspecified atom stereocenters. The molecule has 0 saturated heterocycles. The summed E-state index contributed by atoms with van der Waals surface area (Å²) in [6.45, 7) is 0.667. The van der Waals surface area contributed by atoms with Crippen molar-refractivity contribution in [3.05, 3.63) is 71.6 Å². The molecule has 1 fully saturated rings. The Kier molecular flexibility index (Phi) is 4.24.